The predicted octanol–water partition coefficient (Wildman–Crippen LogP) is 5.08. The summed E-state index contributed by atoms with van der Waals surface area (Å²) in [4.78, 5) is 13.4. The zero-order valence-corrected chi connectivity index (χ0v) is 17.6. The highest BCUT2D eigenvalue weighted by molar-refractivity contribution is 6.30. The number of likely N-dealkylation sites (tertiary alicyclic amines) is 1. The van der Waals surface area contributed by atoms with Crippen molar-refractivity contribution in [2.75, 3.05) is 26.2 Å². The molecule has 0 saturated carbocycles. The largest absolute Gasteiger partial charge is 0.493 e. The van der Waals surface area contributed by atoms with E-state index in [1.54, 1.807) is 0 Å². The maximum Gasteiger partial charge on any atom is 0.306 e. The van der Waals surface area contributed by atoms with Crippen molar-refractivity contribution in [1.29, 1.82) is 0 Å². The Morgan fingerprint density at radius 1 is 1.07 bits per heavy atom. The third-order valence-corrected chi connectivity index (χ3v) is 5.84. The summed E-state index contributed by atoms with van der Waals surface area (Å²) < 4.78 is 6.06. The van der Waals surface area contributed by atoms with Gasteiger partial charge in [-0.15, -0.1) is 0 Å². The van der Waals surface area contributed by atoms with Gasteiger partial charge in [-0.25, -0.2) is 0 Å². The standard InChI is InChI=1S/C24H30ClNO3/c25-22-8-5-6-19(18-22)10-11-20-7-1-2-9-23(20)29-17-4-3-14-26-15-12-21(13-16-26)24(27)28/h1-2,5-9,18,21H,3-4,10-17H2,(H,27,28). The van der Waals surface area contributed by atoms with Crippen LogP contribution < -0.4 is 4.74 Å². The smallest absolute Gasteiger partial charge is 0.306 e. The fourth-order valence-corrected chi connectivity index (χ4v) is 4.06. The first-order chi connectivity index (χ1) is 14.1. The number of carbonyl (C=O) groups is 1. The van der Waals surface area contributed by atoms with Crippen LogP contribution in [0.15, 0.2) is 48.5 Å². The Hall–Kier alpha value is -2.04. The van der Waals surface area contributed by atoms with Crippen LogP contribution in [-0.4, -0.2) is 42.2 Å². The molecule has 1 N–H and O–H groups in total. The van der Waals surface area contributed by atoms with Gasteiger partial charge in [0.1, 0.15) is 5.75 Å². The summed E-state index contributed by atoms with van der Waals surface area (Å²) in [5.74, 6) is 0.168. The van der Waals surface area contributed by atoms with Gasteiger partial charge in [0, 0.05) is 5.02 Å². The van der Waals surface area contributed by atoms with Crippen LogP contribution in [0.5, 0.6) is 5.75 Å². The number of unbranched alkanes of at least 4 members (excludes halogenated alkanes) is 1. The van der Waals surface area contributed by atoms with Crippen molar-refractivity contribution in [3.8, 4) is 5.75 Å². The minimum absolute atomic E-state index is 0.155. The molecular formula is C24H30ClNO3. The molecule has 1 fully saturated rings. The van der Waals surface area contributed by atoms with Crippen molar-refractivity contribution in [2.45, 2.75) is 38.5 Å². The first kappa shape index (κ1) is 21.7. The van der Waals surface area contributed by atoms with Gasteiger partial charge in [-0.2, -0.15) is 0 Å². The number of halogens is 1. The lowest BCUT2D eigenvalue weighted by Crippen LogP contribution is -2.36. The molecule has 0 aromatic heterocycles. The topological polar surface area (TPSA) is 49.8 Å². The van der Waals surface area contributed by atoms with Gasteiger partial charge in [-0.05, 0) is 87.5 Å². The summed E-state index contributed by atoms with van der Waals surface area (Å²) in [6, 6.07) is 16.3. The molecule has 5 heteroatoms. The Bertz CT molecular complexity index is 787. The molecule has 2 aromatic carbocycles. The average Bonchev–Trinajstić information content (AvgIpc) is 2.73. The molecule has 1 aliphatic rings. The van der Waals surface area contributed by atoms with Crippen molar-refractivity contribution in [1.82, 2.24) is 4.90 Å². The molecule has 3 rings (SSSR count). The first-order valence-corrected chi connectivity index (χ1v) is 10.9. The van der Waals surface area contributed by atoms with Crippen LogP contribution >= 0.6 is 11.6 Å². The Labute approximate surface area is 178 Å². The molecule has 2 aromatic rings. The molecule has 1 heterocycles. The predicted molar refractivity (Wildman–Crippen MR) is 117 cm³/mol. The Kier molecular flexibility index (Phi) is 8.38. The first-order valence-electron chi connectivity index (χ1n) is 10.5. The number of ether oxygens (including phenoxy) is 1. The molecule has 0 atom stereocenters. The van der Waals surface area contributed by atoms with Crippen LogP contribution in [0.1, 0.15) is 36.8 Å². The highest BCUT2D eigenvalue weighted by Crippen LogP contribution is 2.22. The van der Waals surface area contributed by atoms with Gasteiger partial charge >= 0.3 is 5.97 Å². The van der Waals surface area contributed by atoms with E-state index in [0.717, 1.165) is 68.9 Å². The summed E-state index contributed by atoms with van der Waals surface area (Å²) in [6.45, 7) is 3.51. The van der Waals surface area contributed by atoms with Crippen LogP contribution in [0.4, 0.5) is 0 Å². The Balaban J connectivity index is 1.37. The second kappa shape index (κ2) is 11.2. The number of benzene rings is 2. The maximum atomic E-state index is 11.0. The molecule has 156 valence electrons. The number of hydrogen-bond acceptors (Lipinski definition) is 3. The highest BCUT2D eigenvalue weighted by atomic mass is 35.5. The van der Waals surface area contributed by atoms with Gasteiger partial charge in [-0.1, -0.05) is 41.9 Å². The quantitative estimate of drug-likeness (QED) is 0.549. The van der Waals surface area contributed by atoms with Gasteiger partial charge in [-0.3, -0.25) is 4.79 Å². The van der Waals surface area contributed by atoms with E-state index >= 15 is 0 Å². The molecule has 4 nitrogen and oxygen atoms in total. The van der Waals surface area contributed by atoms with Gasteiger partial charge in [0.05, 0.1) is 12.5 Å². The van der Waals surface area contributed by atoms with Crippen LogP contribution in [0.25, 0.3) is 0 Å². The summed E-state index contributed by atoms with van der Waals surface area (Å²) in [5, 5.41) is 9.85. The second-order valence-corrected chi connectivity index (χ2v) is 8.18. The van der Waals surface area contributed by atoms with Crippen LogP contribution in [0.3, 0.4) is 0 Å². The second-order valence-electron chi connectivity index (χ2n) is 7.75. The number of para-hydroxylation sites is 1. The van der Waals surface area contributed by atoms with Crippen LogP contribution in [-0.2, 0) is 17.6 Å². The maximum absolute atomic E-state index is 11.0. The van der Waals surface area contributed by atoms with E-state index in [1.807, 2.05) is 30.3 Å². The van der Waals surface area contributed by atoms with E-state index < -0.39 is 5.97 Å². The van der Waals surface area contributed by atoms with Gasteiger partial charge in [0.25, 0.3) is 0 Å². The number of piperidine rings is 1. The van der Waals surface area contributed by atoms with Crippen molar-refractivity contribution in [2.24, 2.45) is 5.92 Å². The minimum Gasteiger partial charge on any atom is -0.493 e. The summed E-state index contributed by atoms with van der Waals surface area (Å²) in [7, 11) is 0. The zero-order chi connectivity index (χ0) is 20.5. The van der Waals surface area contributed by atoms with E-state index in [4.69, 9.17) is 21.4 Å². The van der Waals surface area contributed by atoms with Crippen molar-refractivity contribution >= 4 is 17.6 Å². The summed E-state index contributed by atoms with van der Waals surface area (Å²) in [5.41, 5.74) is 2.46. The highest BCUT2D eigenvalue weighted by Gasteiger charge is 2.23. The van der Waals surface area contributed by atoms with Crippen LogP contribution in [0.2, 0.25) is 5.02 Å². The van der Waals surface area contributed by atoms with E-state index in [0.29, 0.717) is 6.61 Å². The molecule has 0 bridgehead atoms. The SMILES string of the molecule is O=C(O)C1CCN(CCCCOc2ccccc2CCc2cccc(Cl)c2)CC1. The lowest BCUT2D eigenvalue weighted by molar-refractivity contribution is -0.143. The minimum atomic E-state index is -0.646. The van der Waals surface area contributed by atoms with Crippen molar-refractivity contribution < 1.29 is 14.6 Å². The van der Waals surface area contributed by atoms with E-state index in [9.17, 15) is 4.79 Å². The lowest BCUT2D eigenvalue weighted by atomic mass is 9.97. The van der Waals surface area contributed by atoms with E-state index in [2.05, 4.69) is 23.1 Å². The number of nitrogens with zero attached hydrogens (tertiary/aromatic N) is 1. The Morgan fingerprint density at radius 3 is 2.62 bits per heavy atom. The van der Waals surface area contributed by atoms with E-state index in [-0.39, 0.29) is 5.92 Å². The molecule has 0 spiro atoms. The van der Waals surface area contributed by atoms with Crippen molar-refractivity contribution in [3.63, 3.8) is 0 Å². The number of carboxylic acids is 1. The van der Waals surface area contributed by atoms with Gasteiger partial charge in [0.15, 0.2) is 0 Å². The molecule has 1 aliphatic heterocycles. The molecule has 0 radical (unpaired) electrons. The fourth-order valence-electron chi connectivity index (χ4n) is 3.85. The third kappa shape index (κ3) is 7.06. The van der Waals surface area contributed by atoms with Gasteiger partial charge < -0.3 is 14.7 Å². The number of rotatable bonds is 10. The number of carboxylic acid groups (broad SMARTS) is 1. The molecular weight excluding hydrogens is 386 g/mol. The summed E-state index contributed by atoms with van der Waals surface area (Å²) in [6.07, 6.45) is 5.48. The van der Waals surface area contributed by atoms with E-state index in [1.165, 1.54) is 11.1 Å². The number of hydrogen-bond donors (Lipinski definition) is 1. The number of aryl methyl sites for hydroxylation is 2. The zero-order valence-electron chi connectivity index (χ0n) is 16.9. The monoisotopic (exact) mass is 415 g/mol. The van der Waals surface area contributed by atoms with Gasteiger partial charge in [0.2, 0.25) is 0 Å². The molecule has 0 amide bonds. The average molecular weight is 416 g/mol. The third-order valence-electron chi connectivity index (χ3n) is 5.61. The lowest BCUT2D eigenvalue weighted by Gasteiger charge is -2.29. The normalized spacial score (nSPS) is 15.3. The number of aliphatic carboxylic acids is 1. The van der Waals surface area contributed by atoms with Crippen molar-refractivity contribution in [3.05, 3.63) is 64.7 Å². The molecule has 29 heavy (non-hydrogen) atoms. The summed E-state index contributed by atoms with van der Waals surface area (Å²) >= 11 is 6.08. The fraction of sp³-hybridized carbons (Fsp3) is 0.458. The molecule has 0 aliphatic carbocycles. The molecule has 0 unspecified atom stereocenters. The van der Waals surface area contributed by atoms with Crippen LogP contribution in [0, 0.1) is 5.92 Å². The molecule has 1 saturated heterocycles. The Morgan fingerprint density at radius 2 is 1.86 bits per heavy atom.